The molecule has 0 unspecified atom stereocenters. The Hall–Kier alpha value is -2.04. The van der Waals surface area contributed by atoms with E-state index in [-0.39, 0.29) is 5.91 Å². The molecule has 0 aliphatic heterocycles. The van der Waals surface area contributed by atoms with Crippen molar-refractivity contribution in [3.63, 3.8) is 0 Å². The highest BCUT2D eigenvalue weighted by Gasteiger charge is 2.18. The minimum atomic E-state index is -0.570. The molecule has 0 fully saturated rings. The first-order chi connectivity index (χ1) is 11.7. The van der Waals surface area contributed by atoms with E-state index in [9.17, 15) is 4.79 Å². The van der Waals surface area contributed by atoms with Gasteiger partial charge in [-0.2, -0.15) is 0 Å². The van der Waals surface area contributed by atoms with Crippen LogP contribution in [0.15, 0.2) is 54.6 Å². The zero-order chi connectivity index (χ0) is 17.2. The van der Waals surface area contributed by atoms with Crippen molar-refractivity contribution >= 4 is 17.5 Å². The lowest BCUT2D eigenvalue weighted by Crippen LogP contribution is -2.39. The fourth-order valence-corrected chi connectivity index (χ4v) is 2.32. The van der Waals surface area contributed by atoms with Gasteiger partial charge in [-0.3, -0.25) is 4.79 Å². The van der Waals surface area contributed by atoms with E-state index < -0.39 is 6.10 Å². The van der Waals surface area contributed by atoms with Crippen LogP contribution in [0.25, 0.3) is 0 Å². The van der Waals surface area contributed by atoms with Crippen LogP contribution in [0.5, 0.6) is 5.75 Å². The minimum absolute atomic E-state index is 0.166. The minimum Gasteiger partial charge on any atom is -0.479 e. The SMILES string of the molecule is CC[C@H](Oc1ccccc1Cl)C(=O)NCCOCc1ccccc1. The molecule has 2 rings (SSSR count). The molecule has 0 bridgehead atoms. The first-order valence-corrected chi connectivity index (χ1v) is 8.39. The smallest absolute Gasteiger partial charge is 0.261 e. The summed E-state index contributed by atoms with van der Waals surface area (Å²) in [5.41, 5.74) is 1.11. The zero-order valence-electron chi connectivity index (χ0n) is 13.7. The van der Waals surface area contributed by atoms with Gasteiger partial charge in [0, 0.05) is 6.54 Å². The van der Waals surface area contributed by atoms with Gasteiger partial charge in [-0.15, -0.1) is 0 Å². The van der Waals surface area contributed by atoms with Gasteiger partial charge in [-0.25, -0.2) is 0 Å². The number of amides is 1. The lowest BCUT2D eigenvalue weighted by Gasteiger charge is -2.18. The quantitative estimate of drug-likeness (QED) is 0.701. The van der Waals surface area contributed by atoms with E-state index in [0.717, 1.165) is 5.56 Å². The molecule has 5 heteroatoms. The average Bonchev–Trinajstić information content (AvgIpc) is 2.61. The van der Waals surface area contributed by atoms with Crippen LogP contribution in [0, 0.1) is 0 Å². The van der Waals surface area contributed by atoms with Crippen LogP contribution in [0.2, 0.25) is 5.02 Å². The zero-order valence-corrected chi connectivity index (χ0v) is 14.5. The number of ether oxygens (including phenoxy) is 2. The van der Waals surface area contributed by atoms with Crippen molar-refractivity contribution in [1.29, 1.82) is 0 Å². The van der Waals surface area contributed by atoms with Crippen LogP contribution in [-0.4, -0.2) is 25.2 Å². The van der Waals surface area contributed by atoms with Gasteiger partial charge >= 0.3 is 0 Å². The van der Waals surface area contributed by atoms with Crippen molar-refractivity contribution in [2.24, 2.45) is 0 Å². The highest BCUT2D eigenvalue weighted by Crippen LogP contribution is 2.24. The predicted molar refractivity (Wildman–Crippen MR) is 95.3 cm³/mol. The summed E-state index contributed by atoms with van der Waals surface area (Å²) < 4.78 is 11.2. The highest BCUT2D eigenvalue weighted by molar-refractivity contribution is 6.32. The Kier molecular flexibility index (Phi) is 7.59. The van der Waals surface area contributed by atoms with Crippen LogP contribution in [0.1, 0.15) is 18.9 Å². The van der Waals surface area contributed by atoms with E-state index in [4.69, 9.17) is 21.1 Å². The Morgan fingerprint density at radius 2 is 1.83 bits per heavy atom. The summed E-state index contributed by atoms with van der Waals surface area (Å²) in [4.78, 5) is 12.2. The van der Waals surface area contributed by atoms with Gasteiger partial charge in [0.15, 0.2) is 6.10 Å². The molecule has 0 aromatic heterocycles. The standard InChI is InChI=1S/C19H22ClNO3/c1-2-17(24-18-11-7-6-10-16(18)20)19(22)21-12-13-23-14-15-8-4-3-5-9-15/h3-11,17H,2,12-14H2,1H3,(H,21,22)/t17-/m0/s1. The maximum atomic E-state index is 12.2. The number of rotatable bonds is 9. The molecule has 4 nitrogen and oxygen atoms in total. The summed E-state index contributed by atoms with van der Waals surface area (Å²) in [6, 6.07) is 17.0. The lowest BCUT2D eigenvalue weighted by molar-refractivity contribution is -0.128. The first kappa shape index (κ1) is 18.3. The molecule has 0 saturated carbocycles. The largest absolute Gasteiger partial charge is 0.479 e. The second-order valence-corrected chi connectivity index (χ2v) is 5.68. The van der Waals surface area contributed by atoms with Crippen molar-refractivity contribution in [1.82, 2.24) is 5.32 Å². The molecular weight excluding hydrogens is 326 g/mol. The molecule has 0 heterocycles. The fourth-order valence-electron chi connectivity index (χ4n) is 2.14. The van der Waals surface area contributed by atoms with Crippen LogP contribution in [0.4, 0.5) is 0 Å². The molecule has 1 N–H and O–H groups in total. The second-order valence-electron chi connectivity index (χ2n) is 5.27. The molecule has 0 aliphatic rings. The number of nitrogens with one attached hydrogen (secondary N) is 1. The Morgan fingerprint density at radius 1 is 1.12 bits per heavy atom. The summed E-state index contributed by atoms with van der Waals surface area (Å²) >= 11 is 6.06. The number of carbonyl (C=O) groups excluding carboxylic acids is 1. The molecule has 2 aromatic carbocycles. The van der Waals surface area contributed by atoms with E-state index in [0.29, 0.717) is 37.0 Å². The average molecular weight is 348 g/mol. The molecule has 2 aromatic rings. The number of hydrogen-bond donors (Lipinski definition) is 1. The van der Waals surface area contributed by atoms with Gasteiger partial charge in [0.05, 0.1) is 18.2 Å². The van der Waals surface area contributed by atoms with Crippen molar-refractivity contribution < 1.29 is 14.3 Å². The third kappa shape index (κ3) is 5.87. The third-order valence-electron chi connectivity index (χ3n) is 3.43. The van der Waals surface area contributed by atoms with Crippen molar-refractivity contribution in [3.8, 4) is 5.75 Å². The van der Waals surface area contributed by atoms with E-state index >= 15 is 0 Å². The van der Waals surface area contributed by atoms with Crippen molar-refractivity contribution in [3.05, 3.63) is 65.2 Å². The van der Waals surface area contributed by atoms with Gasteiger partial charge in [0.2, 0.25) is 0 Å². The summed E-state index contributed by atoms with van der Waals surface area (Å²) in [6.07, 6.45) is -0.0129. The van der Waals surface area contributed by atoms with E-state index in [1.165, 1.54) is 0 Å². The maximum Gasteiger partial charge on any atom is 0.261 e. The Labute approximate surface area is 147 Å². The van der Waals surface area contributed by atoms with Gasteiger partial charge in [-0.1, -0.05) is 61.0 Å². The molecule has 1 atom stereocenters. The highest BCUT2D eigenvalue weighted by atomic mass is 35.5. The topological polar surface area (TPSA) is 47.6 Å². The molecular formula is C19H22ClNO3. The van der Waals surface area contributed by atoms with E-state index in [1.807, 2.05) is 49.4 Å². The number of hydrogen-bond acceptors (Lipinski definition) is 3. The first-order valence-electron chi connectivity index (χ1n) is 8.01. The number of halogens is 1. The molecule has 128 valence electrons. The van der Waals surface area contributed by atoms with Crippen LogP contribution < -0.4 is 10.1 Å². The Balaban J connectivity index is 1.71. The molecule has 0 radical (unpaired) electrons. The number of carbonyl (C=O) groups is 1. The maximum absolute atomic E-state index is 12.2. The molecule has 1 amide bonds. The number of para-hydroxylation sites is 1. The van der Waals surface area contributed by atoms with Gasteiger partial charge in [0.1, 0.15) is 5.75 Å². The van der Waals surface area contributed by atoms with Gasteiger partial charge in [-0.05, 0) is 24.1 Å². The number of benzene rings is 2. The van der Waals surface area contributed by atoms with Gasteiger partial charge < -0.3 is 14.8 Å². The molecule has 0 saturated heterocycles. The normalized spacial score (nSPS) is 11.8. The Morgan fingerprint density at radius 3 is 2.54 bits per heavy atom. The summed E-state index contributed by atoms with van der Waals surface area (Å²) in [5.74, 6) is 0.349. The van der Waals surface area contributed by atoms with Gasteiger partial charge in [0.25, 0.3) is 5.91 Å². The third-order valence-corrected chi connectivity index (χ3v) is 3.74. The van der Waals surface area contributed by atoms with Crippen LogP contribution >= 0.6 is 11.6 Å². The van der Waals surface area contributed by atoms with Crippen LogP contribution in [-0.2, 0) is 16.1 Å². The van der Waals surface area contributed by atoms with Crippen molar-refractivity contribution in [2.45, 2.75) is 26.1 Å². The summed E-state index contributed by atoms with van der Waals surface area (Å²) in [7, 11) is 0. The predicted octanol–water partition coefficient (Wildman–Crippen LogP) is 3.83. The fraction of sp³-hybridized carbons (Fsp3) is 0.316. The second kappa shape index (κ2) is 9.96. The monoisotopic (exact) mass is 347 g/mol. The van der Waals surface area contributed by atoms with E-state index in [2.05, 4.69) is 5.32 Å². The lowest BCUT2D eigenvalue weighted by atomic mass is 10.2. The van der Waals surface area contributed by atoms with Crippen LogP contribution in [0.3, 0.4) is 0 Å². The molecule has 0 aliphatic carbocycles. The van der Waals surface area contributed by atoms with E-state index in [1.54, 1.807) is 12.1 Å². The Bertz CT molecular complexity index is 634. The molecule has 0 spiro atoms. The molecule has 24 heavy (non-hydrogen) atoms. The summed E-state index contributed by atoms with van der Waals surface area (Å²) in [6.45, 7) is 3.31. The summed E-state index contributed by atoms with van der Waals surface area (Å²) in [5, 5.41) is 3.32. The van der Waals surface area contributed by atoms with Crippen molar-refractivity contribution in [2.75, 3.05) is 13.2 Å².